The first kappa shape index (κ1) is 16.5. The summed E-state index contributed by atoms with van der Waals surface area (Å²) in [4.78, 5) is 1.49. The Morgan fingerprint density at radius 1 is 1.25 bits per heavy atom. The van der Waals surface area contributed by atoms with Gasteiger partial charge in [0.1, 0.15) is 0 Å². The summed E-state index contributed by atoms with van der Waals surface area (Å²) in [6, 6.07) is 2.33. The maximum absolute atomic E-state index is 3.62. The molecule has 114 valence electrons. The molecular weight excluding hydrogens is 330 g/mol. The molecule has 0 unspecified atom stereocenters. The summed E-state index contributed by atoms with van der Waals surface area (Å²) in [5.41, 5.74) is 2.18. The summed E-state index contributed by atoms with van der Waals surface area (Å²) in [5.74, 6) is 0. The van der Waals surface area contributed by atoms with Gasteiger partial charge in [-0.15, -0.1) is 11.3 Å². The Kier molecular flexibility index (Phi) is 6.57. The minimum absolute atomic E-state index is 0.612. The van der Waals surface area contributed by atoms with Crippen LogP contribution in [0.5, 0.6) is 0 Å². The zero-order valence-electron chi connectivity index (χ0n) is 12.9. The van der Waals surface area contributed by atoms with Crippen molar-refractivity contribution in [1.29, 1.82) is 0 Å². The molecule has 2 rings (SSSR count). The SMILES string of the molecule is CCNCCC1(CCc2cc(Br)sc2C)CCCCC1. The number of aryl methyl sites for hydroxylation is 2. The number of rotatable bonds is 7. The van der Waals surface area contributed by atoms with Crippen LogP contribution in [0, 0.1) is 12.3 Å². The highest BCUT2D eigenvalue weighted by molar-refractivity contribution is 9.11. The second-order valence-electron chi connectivity index (χ2n) is 6.30. The lowest BCUT2D eigenvalue weighted by Gasteiger charge is -2.38. The van der Waals surface area contributed by atoms with Crippen LogP contribution in [0.15, 0.2) is 9.85 Å². The lowest BCUT2D eigenvalue weighted by Crippen LogP contribution is -2.30. The van der Waals surface area contributed by atoms with E-state index in [9.17, 15) is 0 Å². The van der Waals surface area contributed by atoms with Crippen molar-refractivity contribution in [3.63, 3.8) is 0 Å². The second-order valence-corrected chi connectivity index (χ2v) is 8.93. The molecule has 1 aromatic rings. The van der Waals surface area contributed by atoms with Crippen molar-refractivity contribution < 1.29 is 0 Å². The summed E-state index contributed by atoms with van der Waals surface area (Å²) in [7, 11) is 0. The van der Waals surface area contributed by atoms with Crippen LogP contribution in [0.25, 0.3) is 0 Å². The quantitative estimate of drug-likeness (QED) is 0.616. The third-order valence-corrected chi connectivity index (χ3v) is 6.51. The molecule has 0 atom stereocenters. The third-order valence-electron chi connectivity index (χ3n) is 4.91. The van der Waals surface area contributed by atoms with Crippen LogP contribution in [0.1, 0.15) is 62.3 Å². The fourth-order valence-electron chi connectivity index (χ4n) is 3.59. The summed E-state index contributed by atoms with van der Waals surface area (Å²) in [5, 5.41) is 3.53. The minimum atomic E-state index is 0.612. The second kappa shape index (κ2) is 7.95. The molecule has 0 bridgehead atoms. The number of halogens is 1. The minimum Gasteiger partial charge on any atom is -0.317 e. The smallest absolute Gasteiger partial charge is 0.0704 e. The molecule has 3 heteroatoms. The molecule has 1 N–H and O–H groups in total. The predicted molar refractivity (Wildman–Crippen MR) is 93.8 cm³/mol. The van der Waals surface area contributed by atoms with E-state index in [1.165, 1.54) is 66.6 Å². The van der Waals surface area contributed by atoms with Gasteiger partial charge in [-0.2, -0.15) is 0 Å². The topological polar surface area (TPSA) is 12.0 Å². The van der Waals surface area contributed by atoms with Gasteiger partial charge in [-0.05, 0) is 85.1 Å². The maximum atomic E-state index is 3.62. The molecule has 1 fully saturated rings. The normalized spacial score (nSPS) is 18.4. The first-order valence-electron chi connectivity index (χ1n) is 8.11. The molecule has 0 radical (unpaired) electrons. The molecule has 0 spiro atoms. The molecule has 0 saturated heterocycles. The fraction of sp³-hybridized carbons (Fsp3) is 0.765. The van der Waals surface area contributed by atoms with Gasteiger partial charge in [0, 0.05) is 4.88 Å². The largest absolute Gasteiger partial charge is 0.317 e. The van der Waals surface area contributed by atoms with Gasteiger partial charge in [0.15, 0.2) is 0 Å². The molecule has 1 nitrogen and oxygen atoms in total. The van der Waals surface area contributed by atoms with Crippen LogP contribution in [0.2, 0.25) is 0 Å². The van der Waals surface area contributed by atoms with Crippen LogP contribution in [-0.2, 0) is 6.42 Å². The maximum Gasteiger partial charge on any atom is 0.0704 e. The van der Waals surface area contributed by atoms with Crippen molar-refractivity contribution in [3.05, 3.63) is 20.3 Å². The van der Waals surface area contributed by atoms with Gasteiger partial charge in [-0.25, -0.2) is 0 Å². The van der Waals surface area contributed by atoms with Crippen molar-refractivity contribution in [2.45, 2.75) is 65.2 Å². The van der Waals surface area contributed by atoms with Gasteiger partial charge >= 0.3 is 0 Å². The van der Waals surface area contributed by atoms with Crippen molar-refractivity contribution in [2.24, 2.45) is 5.41 Å². The van der Waals surface area contributed by atoms with E-state index in [2.05, 4.69) is 41.2 Å². The molecule has 1 saturated carbocycles. The van der Waals surface area contributed by atoms with E-state index in [4.69, 9.17) is 0 Å². The molecular formula is C17H28BrNS. The highest BCUT2D eigenvalue weighted by Crippen LogP contribution is 2.43. The molecule has 1 aromatic heterocycles. The average Bonchev–Trinajstić information content (AvgIpc) is 2.76. The highest BCUT2D eigenvalue weighted by atomic mass is 79.9. The number of hydrogen-bond donors (Lipinski definition) is 1. The Bertz CT molecular complexity index is 407. The molecule has 1 aliphatic rings. The van der Waals surface area contributed by atoms with Crippen molar-refractivity contribution in [1.82, 2.24) is 5.32 Å². The summed E-state index contributed by atoms with van der Waals surface area (Å²) < 4.78 is 1.29. The molecule has 0 amide bonds. The summed E-state index contributed by atoms with van der Waals surface area (Å²) in [6.45, 7) is 6.77. The Morgan fingerprint density at radius 3 is 2.60 bits per heavy atom. The van der Waals surface area contributed by atoms with Crippen molar-refractivity contribution >= 4 is 27.3 Å². The highest BCUT2D eigenvalue weighted by Gasteiger charge is 2.31. The fourth-order valence-corrected chi connectivity index (χ4v) is 5.38. The monoisotopic (exact) mass is 357 g/mol. The van der Waals surface area contributed by atoms with Crippen LogP contribution < -0.4 is 5.32 Å². The van der Waals surface area contributed by atoms with Crippen LogP contribution in [-0.4, -0.2) is 13.1 Å². The molecule has 1 aliphatic carbocycles. The molecule has 0 aromatic carbocycles. The average molecular weight is 358 g/mol. The predicted octanol–water partition coefficient (Wildman–Crippen LogP) is 5.70. The molecule has 1 heterocycles. The van der Waals surface area contributed by atoms with Crippen LogP contribution in [0.3, 0.4) is 0 Å². The van der Waals surface area contributed by atoms with E-state index in [1.807, 2.05) is 11.3 Å². The van der Waals surface area contributed by atoms with Gasteiger partial charge in [-0.3, -0.25) is 0 Å². The van der Waals surface area contributed by atoms with Crippen molar-refractivity contribution in [2.75, 3.05) is 13.1 Å². The van der Waals surface area contributed by atoms with Crippen LogP contribution >= 0.6 is 27.3 Å². The Hall–Kier alpha value is 0.140. The summed E-state index contributed by atoms with van der Waals surface area (Å²) in [6.07, 6.45) is 11.2. The zero-order chi connectivity index (χ0) is 14.4. The molecule has 0 aliphatic heterocycles. The van der Waals surface area contributed by atoms with E-state index in [0.717, 1.165) is 6.54 Å². The van der Waals surface area contributed by atoms with Crippen LogP contribution in [0.4, 0.5) is 0 Å². The van der Waals surface area contributed by atoms with Crippen molar-refractivity contribution in [3.8, 4) is 0 Å². The third kappa shape index (κ3) is 4.57. The first-order chi connectivity index (χ1) is 9.65. The number of nitrogens with one attached hydrogen (secondary N) is 1. The van der Waals surface area contributed by atoms with Gasteiger partial charge in [0.05, 0.1) is 3.79 Å². The standard InChI is InChI=1S/C17H28BrNS/c1-3-19-12-11-17(8-5-4-6-9-17)10-7-15-13-16(18)20-14(15)2/h13,19H,3-12H2,1-2H3. The van der Waals surface area contributed by atoms with Gasteiger partial charge < -0.3 is 5.32 Å². The number of hydrogen-bond acceptors (Lipinski definition) is 2. The lowest BCUT2D eigenvalue weighted by atomic mass is 9.68. The van der Waals surface area contributed by atoms with E-state index >= 15 is 0 Å². The Labute approximate surface area is 136 Å². The Morgan fingerprint density at radius 2 is 2.00 bits per heavy atom. The van der Waals surface area contributed by atoms with Gasteiger partial charge in [0.25, 0.3) is 0 Å². The summed E-state index contributed by atoms with van der Waals surface area (Å²) >= 11 is 5.50. The van der Waals surface area contributed by atoms with E-state index in [0.29, 0.717) is 5.41 Å². The van der Waals surface area contributed by atoms with E-state index in [1.54, 1.807) is 5.56 Å². The van der Waals surface area contributed by atoms with Gasteiger partial charge in [0.2, 0.25) is 0 Å². The first-order valence-corrected chi connectivity index (χ1v) is 9.72. The Balaban J connectivity index is 1.94. The molecule has 20 heavy (non-hydrogen) atoms. The van der Waals surface area contributed by atoms with E-state index in [-0.39, 0.29) is 0 Å². The lowest BCUT2D eigenvalue weighted by molar-refractivity contribution is 0.157. The number of thiophene rings is 1. The zero-order valence-corrected chi connectivity index (χ0v) is 15.3. The van der Waals surface area contributed by atoms with E-state index < -0.39 is 0 Å². The van der Waals surface area contributed by atoms with Gasteiger partial charge in [-0.1, -0.05) is 26.2 Å².